The molecule has 3 nitrogen and oxygen atoms in total. The van der Waals surface area contributed by atoms with Crippen LogP contribution in [0.15, 0.2) is 0 Å². The first kappa shape index (κ1) is 12.9. The van der Waals surface area contributed by atoms with Gasteiger partial charge in [0.1, 0.15) is 0 Å². The molecule has 0 heterocycles. The van der Waals surface area contributed by atoms with Gasteiger partial charge >= 0.3 is 0 Å². The molecule has 3 heteroatoms. The Morgan fingerprint density at radius 3 is 2.07 bits per heavy atom. The Labute approximate surface area is 92.1 Å². The molecular formula is C12H24O3. The van der Waals surface area contributed by atoms with Gasteiger partial charge in [0.25, 0.3) is 0 Å². The third kappa shape index (κ3) is 2.52. The van der Waals surface area contributed by atoms with Gasteiger partial charge in [0, 0.05) is 6.61 Å². The second-order valence-electron chi connectivity index (χ2n) is 5.53. The van der Waals surface area contributed by atoms with Gasteiger partial charge < -0.3 is 15.3 Å². The third-order valence-corrected chi connectivity index (χ3v) is 4.41. The van der Waals surface area contributed by atoms with Crippen molar-refractivity contribution in [2.45, 2.75) is 52.1 Å². The average Bonchev–Trinajstić information content (AvgIpc) is 2.22. The number of rotatable bonds is 4. The van der Waals surface area contributed by atoms with Gasteiger partial charge in [-0.25, -0.2) is 0 Å². The van der Waals surface area contributed by atoms with Crippen LogP contribution < -0.4 is 0 Å². The minimum atomic E-state index is -0.654. The summed E-state index contributed by atoms with van der Waals surface area (Å²) < 4.78 is 0. The van der Waals surface area contributed by atoms with Crippen molar-refractivity contribution in [2.75, 3.05) is 13.2 Å². The first-order valence-electron chi connectivity index (χ1n) is 5.87. The summed E-state index contributed by atoms with van der Waals surface area (Å²) in [4.78, 5) is 0. The summed E-state index contributed by atoms with van der Waals surface area (Å²) in [6, 6.07) is 0. The van der Waals surface area contributed by atoms with Crippen LogP contribution in [0.2, 0.25) is 0 Å². The predicted molar refractivity (Wildman–Crippen MR) is 59.5 cm³/mol. The summed E-state index contributed by atoms with van der Waals surface area (Å²) >= 11 is 0. The van der Waals surface area contributed by atoms with Gasteiger partial charge in [-0.05, 0) is 30.1 Å². The van der Waals surface area contributed by atoms with E-state index >= 15 is 0 Å². The molecule has 1 aliphatic rings. The summed E-state index contributed by atoms with van der Waals surface area (Å²) in [5.74, 6) is 0. The molecule has 0 aromatic carbocycles. The smallest absolute Gasteiger partial charge is 0.0776 e. The number of aliphatic hydroxyl groups is 3. The highest BCUT2D eigenvalue weighted by atomic mass is 16.3. The molecule has 15 heavy (non-hydrogen) atoms. The lowest BCUT2D eigenvalue weighted by molar-refractivity contribution is -0.0673. The van der Waals surface area contributed by atoms with Gasteiger partial charge in [0.05, 0.1) is 12.7 Å². The summed E-state index contributed by atoms with van der Waals surface area (Å²) in [5.41, 5.74) is -0.163. The standard InChI is InChI=1S/C12H24O3/c1-11(7-10(15)8-13)5-3-4-6-12(11,2)9-14/h10,13-15H,3-9H2,1-2H3. The van der Waals surface area contributed by atoms with Crippen LogP contribution in [0, 0.1) is 10.8 Å². The van der Waals surface area contributed by atoms with E-state index < -0.39 is 6.10 Å². The molecule has 0 aliphatic heterocycles. The van der Waals surface area contributed by atoms with E-state index in [1.54, 1.807) is 0 Å². The van der Waals surface area contributed by atoms with Crippen LogP contribution in [-0.4, -0.2) is 34.6 Å². The molecule has 3 atom stereocenters. The predicted octanol–water partition coefficient (Wildman–Crippen LogP) is 1.31. The van der Waals surface area contributed by atoms with Crippen LogP contribution in [0.4, 0.5) is 0 Å². The fourth-order valence-corrected chi connectivity index (χ4v) is 2.84. The highest BCUT2D eigenvalue weighted by Crippen LogP contribution is 2.52. The molecule has 0 radical (unpaired) electrons. The first-order valence-corrected chi connectivity index (χ1v) is 5.87. The molecule has 1 saturated carbocycles. The van der Waals surface area contributed by atoms with Crippen molar-refractivity contribution in [3.05, 3.63) is 0 Å². The maximum Gasteiger partial charge on any atom is 0.0776 e. The van der Waals surface area contributed by atoms with E-state index in [-0.39, 0.29) is 24.0 Å². The van der Waals surface area contributed by atoms with Gasteiger partial charge in [-0.1, -0.05) is 26.7 Å². The molecule has 0 saturated heterocycles. The number of hydrogen-bond acceptors (Lipinski definition) is 3. The minimum Gasteiger partial charge on any atom is -0.396 e. The Morgan fingerprint density at radius 1 is 1.07 bits per heavy atom. The molecule has 90 valence electrons. The Hall–Kier alpha value is -0.120. The summed E-state index contributed by atoms with van der Waals surface area (Å²) in [6.07, 6.45) is 4.28. The van der Waals surface area contributed by atoms with Crippen molar-refractivity contribution in [1.29, 1.82) is 0 Å². The van der Waals surface area contributed by atoms with E-state index in [0.29, 0.717) is 6.42 Å². The van der Waals surface area contributed by atoms with Crippen molar-refractivity contribution in [1.82, 2.24) is 0 Å². The molecule has 1 aliphatic carbocycles. The Bertz CT molecular complexity index is 207. The summed E-state index contributed by atoms with van der Waals surface area (Å²) in [7, 11) is 0. The van der Waals surface area contributed by atoms with Crippen LogP contribution in [0.3, 0.4) is 0 Å². The molecule has 3 N–H and O–H groups in total. The molecule has 0 aromatic heterocycles. The molecule has 3 unspecified atom stereocenters. The van der Waals surface area contributed by atoms with Crippen LogP contribution in [0.25, 0.3) is 0 Å². The summed E-state index contributed by atoms with van der Waals surface area (Å²) in [6.45, 7) is 4.20. The van der Waals surface area contributed by atoms with Gasteiger partial charge in [-0.3, -0.25) is 0 Å². The van der Waals surface area contributed by atoms with E-state index in [0.717, 1.165) is 25.7 Å². The molecule has 0 aromatic rings. The monoisotopic (exact) mass is 216 g/mol. The Kier molecular flexibility index (Phi) is 4.15. The van der Waals surface area contributed by atoms with E-state index in [4.69, 9.17) is 5.11 Å². The van der Waals surface area contributed by atoms with Crippen molar-refractivity contribution < 1.29 is 15.3 Å². The van der Waals surface area contributed by atoms with Crippen molar-refractivity contribution in [3.63, 3.8) is 0 Å². The van der Waals surface area contributed by atoms with Gasteiger partial charge in [0.15, 0.2) is 0 Å². The molecule has 1 rings (SSSR count). The van der Waals surface area contributed by atoms with E-state index in [2.05, 4.69) is 13.8 Å². The van der Waals surface area contributed by atoms with Crippen molar-refractivity contribution >= 4 is 0 Å². The van der Waals surface area contributed by atoms with E-state index in [1.807, 2.05) is 0 Å². The normalized spacial score (nSPS) is 39.0. The average molecular weight is 216 g/mol. The van der Waals surface area contributed by atoms with Gasteiger partial charge in [-0.15, -0.1) is 0 Å². The molecule has 1 fully saturated rings. The molecule has 0 amide bonds. The zero-order chi connectivity index (χ0) is 11.5. The Balaban J connectivity index is 2.76. The third-order valence-electron chi connectivity index (χ3n) is 4.41. The Morgan fingerprint density at radius 2 is 1.60 bits per heavy atom. The fraction of sp³-hybridized carbons (Fsp3) is 1.00. The van der Waals surface area contributed by atoms with Crippen LogP contribution in [0.5, 0.6) is 0 Å². The van der Waals surface area contributed by atoms with E-state index in [1.165, 1.54) is 0 Å². The lowest BCUT2D eigenvalue weighted by Crippen LogP contribution is -2.45. The van der Waals surface area contributed by atoms with Crippen LogP contribution >= 0.6 is 0 Å². The zero-order valence-corrected chi connectivity index (χ0v) is 9.87. The highest BCUT2D eigenvalue weighted by molar-refractivity contribution is 4.96. The molecular weight excluding hydrogens is 192 g/mol. The van der Waals surface area contributed by atoms with Crippen molar-refractivity contribution in [3.8, 4) is 0 Å². The lowest BCUT2D eigenvalue weighted by atomic mass is 9.56. The van der Waals surface area contributed by atoms with Gasteiger partial charge in [0.2, 0.25) is 0 Å². The largest absolute Gasteiger partial charge is 0.396 e. The zero-order valence-electron chi connectivity index (χ0n) is 9.87. The maximum absolute atomic E-state index is 9.57. The molecule has 0 bridgehead atoms. The number of hydrogen-bond donors (Lipinski definition) is 3. The maximum atomic E-state index is 9.57. The second kappa shape index (κ2) is 4.81. The fourth-order valence-electron chi connectivity index (χ4n) is 2.84. The first-order chi connectivity index (χ1) is 6.97. The van der Waals surface area contributed by atoms with E-state index in [9.17, 15) is 10.2 Å². The topological polar surface area (TPSA) is 60.7 Å². The van der Waals surface area contributed by atoms with Crippen LogP contribution in [-0.2, 0) is 0 Å². The van der Waals surface area contributed by atoms with Crippen molar-refractivity contribution in [2.24, 2.45) is 10.8 Å². The van der Waals surface area contributed by atoms with Gasteiger partial charge in [-0.2, -0.15) is 0 Å². The summed E-state index contributed by atoms with van der Waals surface area (Å²) in [5, 5.41) is 28.0. The quantitative estimate of drug-likeness (QED) is 0.664. The SMILES string of the molecule is CC1(CO)CCCCC1(C)CC(O)CO. The van der Waals surface area contributed by atoms with Crippen LogP contribution in [0.1, 0.15) is 46.0 Å². The highest BCUT2D eigenvalue weighted by Gasteiger charge is 2.46. The second-order valence-corrected chi connectivity index (χ2v) is 5.53. The molecule has 0 spiro atoms. The lowest BCUT2D eigenvalue weighted by Gasteiger charge is -2.50. The number of aliphatic hydroxyl groups excluding tert-OH is 3. The minimum absolute atomic E-state index is 0.0534.